The first-order chi connectivity index (χ1) is 71.2. The van der Waals surface area contributed by atoms with E-state index in [0.29, 0.717) is 17.8 Å². The van der Waals surface area contributed by atoms with Gasteiger partial charge in [0.1, 0.15) is 0 Å². The van der Waals surface area contributed by atoms with Crippen LogP contribution in [0.4, 0.5) is 28.4 Å². The molecule has 0 aliphatic carbocycles. The second kappa shape index (κ2) is 42.8. The van der Waals surface area contributed by atoms with E-state index in [4.69, 9.17) is 0 Å². The number of benzene rings is 6. The first-order valence-corrected chi connectivity index (χ1v) is 50.2. The molecule has 0 aliphatic heterocycles. The van der Waals surface area contributed by atoms with Crippen LogP contribution in [-0.4, -0.2) is 152 Å². The summed E-state index contributed by atoms with van der Waals surface area (Å²) in [4.78, 5) is 68.0. The van der Waals surface area contributed by atoms with E-state index >= 15 is 0 Å². The monoisotopic (exact) mass is 1990 g/mol. The van der Waals surface area contributed by atoms with Crippen molar-refractivity contribution in [1.82, 2.24) is 106 Å². The molecule has 23 rings (SSSR count). The van der Waals surface area contributed by atoms with Crippen molar-refractivity contribution in [2.75, 3.05) is 31.7 Å². The molecule has 17 aromatic heterocycles. The summed E-state index contributed by atoms with van der Waals surface area (Å²) in [5, 5.41) is 29.5. The Morgan fingerprint density at radius 2 is 0.565 bits per heavy atom. The first kappa shape index (κ1) is 96.9. The summed E-state index contributed by atoms with van der Waals surface area (Å²) in [5.41, 5.74) is 30.6. The number of pyridine rings is 2. The van der Waals surface area contributed by atoms with Gasteiger partial charge in [-0.2, -0.15) is 25.5 Å². The predicted octanol–water partition coefficient (Wildman–Crippen LogP) is 18.9. The fourth-order valence-corrected chi connectivity index (χ4v) is 18.0. The Balaban J connectivity index is 0.000000116. The molecule has 17 heterocycles. The van der Waals surface area contributed by atoms with Crippen LogP contribution in [0.2, 0.25) is 0 Å². The lowest BCUT2D eigenvalue weighted by atomic mass is 10.1. The van der Waals surface area contributed by atoms with Gasteiger partial charge in [0.25, 0.3) is 0 Å². The smallest absolute Gasteiger partial charge is 0.235 e. The van der Waals surface area contributed by atoms with Gasteiger partial charge in [-0.15, -0.1) is 0 Å². The summed E-state index contributed by atoms with van der Waals surface area (Å²) in [6.07, 6.45) is 55.0. The molecular weight excluding hydrogens is 1890 g/mol. The summed E-state index contributed by atoms with van der Waals surface area (Å²) in [7, 11) is 2.84. The van der Waals surface area contributed by atoms with Crippen molar-refractivity contribution >= 4 is 93.8 Å². The maximum absolute atomic E-state index is 12.3. The Hall–Kier alpha value is -19.0. The number of hydrogen-bond acceptors (Lipinski definition) is 19. The molecule has 0 atom stereocenters. The van der Waals surface area contributed by atoms with E-state index in [1.54, 1.807) is 111 Å². The van der Waals surface area contributed by atoms with Crippen LogP contribution in [0.25, 0.3) is 140 Å². The lowest BCUT2D eigenvalue weighted by Crippen LogP contribution is -2.22. The van der Waals surface area contributed by atoms with Gasteiger partial charge in [0.05, 0.1) is 118 Å². The molecule has 34 nitrogen and oxygen atoms in total. The fourth-order valence-electron chi connectivity index (χ4n) is 16.7. The lowest BCUT2D eigenvalue weighted by Gasteiger charge is -2.11. The molecule has 0 saturated carbocycles. The number of aromatic nitrogens is 22. The normalized spacial score (nSPS) is 11.3. The average Bonchev–Trinajstić information content (AvgIpc) is 1.68. The Bertz CT molecular complexity index is 8370. The van der Waals surface area contributed by atoms with Gasteiger partial charge in [-0.3, -0.25) is 82.1 Å². The zero-order chi connectivity index (χ0) is 102. The van der Waals surface area contributed by atoms with Crippen molar-refractivity contribution in [3.8, 4) is 112 Å². The largest absolute Gasteiger partial charge is 0.326 e. The zero-order valence-electron chi connectivity index (χ0n) is 81.1. The predicted molar refractivity (Wildman–Crippen MR) is 572 cm³/mol. The summed E-state index contributed by atoms with van der Waals surface area (Å²) < 4.78 is 71.0. The van der Waals surface area contributed by atoms with Gasteiger partial charge in [-0.25, -0.2) is 16.8 Å². The molecule has 0 spiro atoms. The van der Waals surface area contributed by atoms with E-state index in [9.17, 15) is 31.2 Å². The van der Waals surface area contributed by atoms with E-state index in [-0.39, 0.29) is 30.6 Å². The molecule has 0 saturated heterocycles. The van der Waals surface area contributed by atoms with Crippen molar-refractivity contribution in [3.05, 3.63) is 403 Å². The molecule has 36 heteroatoms. The summed E-state index contributed by atoms with van der Waals surface area (Å²) >= 11 is 0. The number of amides is 3. The number of rotatable bonds is 24. The summed E-state index contributed by atoms with van der Waals surface area (Å²) in [6, 6.07) is 67.1. The van der Waals surface area contributed by atoms with Gasteiger partial charge in [-0.05, 0) is 134 Å². The van der Waals surface area contributed by atoms with Gasteiger partial charge in [-0.1, -0.05) is 103 Å². The molecule has 0 fully saturated rings. The summed E-state index contributed by atoms with van der Waals surface area (Å²) in [5.74, 6) is -0.208. The van der Waals surface area contributed by atoms with Crippen LogP contribution in [0.1, 0.15) is 30.7 Å². The molecule has 147 heavy (non-hydrogen) atoms. The van der Waals surface area contributed by atoms with Crippen LogP contribution in [0, 0.1) is 0 Å². The van der Waals surface area contributed by atoms with Gasteiger partial charge in [0.2, 0.25) is 37.8 Å². The molecule has 732 valence electrons. The van der Waals surface area contributed by atoms with Crippen molar-refractivity contribution in [3.63, 3.8) is 0 Å². The second-order valence-corrected chi connectivity index (χ2v) is 39.3. The minimum atomic E-state index is -3.37. The third kappa shape index (κ3) is 23.6. The number of carbonyl (C=O) groups excluding carboxylic acids is 3. The molecule has 0 radical (unpaired) electrons. The van der Waals surface area contributed by atoms with Crippen LogP contribution in [0.5, 0.6) is 0 Å². The van der Waals surface area contributed by atoms with Crippen LogP contribution >= 0.6 is 0 Å². The Morgan fingerprint density at radius 3 is 0.837 bits per heavy atom. The van der Waals surface area contributed by atoms with E-state index in [1.165, 1.54) is 0 Å². The summed E-state index contributed by atoms with van der Waals surface area (Å²) in [6.45, 7) is 3.29. The fraction of sp³-hybridized carbons (Fsp3) is 0.108. The number of sulfonamides is 2. The van der Waals surface area contributed by atoms with E-state index in [1.807, 2.05) is 307 Å². The SMILES string of the molecule is CC(C)S(=O)(=O)Nc1ccc(-c2nccn3cc(-c4cnn(C)c4)cc23)cc1.Cn1cc(-c2cc3c(-c4ccc(NC(=O)Cc5ccccc5)cc4)nccn3c2)cn1.Cn1cc(-c2cc3c(-c4ccc(NC(=O)Cc5ccccn5)cc4)nccn3c2)cn1.Cn1cc(-c2cc3c(-c4ccc(NC(=O)Cc5cccnc5)cc4)nccn3c2)cn1.Cn1cc(-c2cc3c(-c4ccc(NS(C)(=O)=O)cc4)nccn3c2)cn1. The van der Waals surface area contributed by atoms with E-state index in [2.05, 4.69) is 148 Å². The minimum Gasteiger partial charge on any atom is -0.326 e. The second-order valence-electron chi connectivity index (χ2n) is 35.3. The molecule has 5 N–H and O–H groups in total. The van der Waals surface area contributed by atoms with Crippen molar-refractivity contribution in [2.24, 2.45) is 35.2 Å². The van der Waals surface area contributed by atoms with Crippen molar-refractivity contribution in [2.45, 2.75) is 38.4 Å². The van der Waals surface area contributed by atoms with Crippen LogP contribution in [0.3, 0.4) is 0 Å². The molecule has 0 unspecified atom stereocenters. The highest BCUT2D eigenvalue weighted by Crippen LogP contribution is 2.37. The lowest BCUT2D eigenvalue weighted by molar-refractivity contribution is -0.116. The Labute approximate surface area is 845 Å². The standard InChI is InChI=1S/C25H21N5O.2C24H20N6O.C20H21N5O2S.C18H17N5O2S/c1-29-16-21(15-27-29)20-14-23-25(26-11-12-30(23)17-20)19-7-9-22(10-8-19)28-24(31)13-18-5-3-2-4-6-18;1-29-15-20(14-27-29)19-12-22-24(26-9-10-30(22)16-19)18-4-6-21(7-5-18)28-23(31)11-17-3-2-8-25-13-17;1-29-15-19(14-27-29)18-12-22-24(26-10-11-30(22)16-18)17-5-7-20(8-6-17)28-23(31)13-21-4-2-3-9-25-21;1-14(2)28(26,27)23-18-6-4-15(5-7-18)20-19-10-16(13-25(19)9-8-21-20)17-11-22-24(3)12-17;1-22-11-15(10-20-22)14-9-17-18(19-7-8-23(17)12-14)13-3-5-16(6-4-13)21-26(2,24)25/h2-12,14-17H,13H2,1H3,(H,28,31);2-10,12-16H,11H2,1H3,(H,28,31);2-12,14-16H,13H2,1H3,(H,28,31);4-14,23H,1-3H3;3-12,21H,1-2H3. The molecule has 23 aromatic rings. The first-order valence-electron chi connectivity index (χ1n) is 46.7. The molecule has 0 aliphatic rings. The number of hydrogen-bond donors (Lipinski definition) is 5. The number of nitrogens with one attached hydrogen (secondary N) is 5. The number of carbonyl (C=O) groups is 3. The highest BCUT2D eigenvalue weighted by atomic mass is 32.2. The van der Waals surface area contributed by atoms with Crippen LogP contribution in [-0.2, 0) is 88.9 Å². The van der Waals surface area contributed by atoms with Crippen molar-refractivity contribution in [1.29, 1.82) is 0 Å². The van der Waals surface area contributed by atoms with Crippen LogP contribution < -0.4 is 25.4 Å². The highest BCUT2D eigenvalue weighted by molar-refractivity contribution is 7.93. The number of fused-ring (bicyclic) bond motifs is 5. The number of nitrogens with zero attached hydrogens (tertiary/aromatic N) is 22. The average molecular weight is 1990 g/mol. The van der Waals surface area contributed by atoms with Gasteiger partial charge >= 0.3 is 0 Å². The molecular formula is C111H99N27O7S2. The minimum absolute atomic E-state index is 0.0353. The van der Waals surface area contributed by atoms with E-state index < -0.39 is 25.3 Å². The quantitative estimate of drug-likeness (QED) is 0.0375. The molecule has 3 amide bonds. The third-order valence-electron chi connectivity index (χ3n) is 24.0. The van der Waals surface area contributed by atoms with Crippen LogP contribution in [0.15, 0.2) is 386 Å². The number of anilines is 5. The number of aryl methyl sites for hydroxylation is 5. The van der Waals surface area contributed by atoms with E-state index in [0.717, 1.165) is 180 Å². The Morgan fingerprint density at radius 1 is 0.279 bits per heavy atom. The van der Waals surface area contributed by atoms with Crippen molar-refractivity contribution < 1.29 is 31.2 Å². The Kier molecular flexibility index (Phi) is 28.2. The maximum atomic E-state index is 12.3. The van der Waals surface area contributed by atoms with Gasteiger partial charge in [0, 0.05) is 295 Å². The van der Waals surface area contributed by atoms with Gasteiger partial charge < -0.3 is 38.0 Å². The highest BCUT2D eigenvalue weighted by Gasteiger charge is 2.22. The maximum Gasteiger partial charge on any atom is 0.235 e. The molecule has 6 aromatic carbocycles. The topological polar surface area (TPSA) is 381 Å². The molecule has 0 bridgehead atoms. The zero-order valence-corrected chi connectivity index (χ0v) is 82.7. The third-order valence-corrected chi connectivity index (χ3v) is 26.4. The van der Waals surface area contributed by atoms with Gasteiger partial charge in [0.15, 0.2) is 0 Å².